The Morgan fingerprint density at radius 3 is 2.32 bits per heavy atom. The SMILES string of the molecule is COC(=O)[C@]1(C=O)CC[C@H](OC(=O)c2ccc(N)cc2)CC1. The van der Waals surface area contributed by atoms with E-state index in [0.29, 0.717) is 43.2 Å². The molecule has 0 amide bonds. The summed E-state index contributed by atoms with van der Waals surface area (Å²) in [6.45, 7) is 0. The van der Waals surface area contributed by atoms with Crippen molar-refractivity contribution in [1.82, 2.24) is 0 Å². The van der Waals surface area contributed by atoms with Crippen molar-refractivity contribution in [2.75, 3.05) is 12.8 Å². The van der Waals surface area contributed by atoms with E-state index in [1.54, 1.807) is 24.3 Å². The number of carbonyl (C=O) groups is 3. The van der Waals surface area contributed by atoms with Crippen LogP contribution in [0.15, 0.2) is 24.3 Å². The molecule has 6 heteroatoms. The Bertz CT molecular complexity index is 558. The molecule has 1 aliphatic rings. The first-order chi connectivity index (χ1) is 10.5. The first-order valence-corrected chi connectivity index (χ1v) is 7.12. The Morgan fingerprint density at radius 1 is 1.23 bits per heavy atom. The van der Waals surface area contributed by atoms with Gasteiger partial charge in [0.25, 0.3) is 0 Å². The van der Waals surface area contributed by atoms with E-state index in [1.807, 2.05) is 0 Å². The molecule has 0 spiro atoms. The Kier molecular flexibility index (Phi) is 4.80. The molecule has 0 radical (unpaired) electrons. The summed E-state index contributed by atoms with van der Waals surface area (Å²) >= 11 is 0. The fraction of sp³-hybridized carbons (Fsp3) is 0.438. The van der Waals surface area contributed by atoms with Crippen LogP contribution < -0.4 is 5.73 Å². The van der Waals surface area contributed by atoms with Crippen molar-refractivity contribution in [1.29, 1.82) is 0 Å². The van der Waals surface area contributed by atoms with Crippen LogP contribution in [0.2, 0.25) is 0 Å². The zero-order chi connectivity index (χ0) is 16.2. The van der Waals surface area contributed by atoms with E-state index in [4.69, 9.17) is 15.2 Å². The predicted octanol–water partition coefficient (Wildman–Crippen LogP) is 1.73. The summed E-state index contributed by atoms with van der Waals surface area (Å²) in [5, 5.41) is 0. The standard InChI is InChI=1S/C16H19NO5/c1-21-15(20)16(10-18)8-6-13(7-9-16)22-14(19)11-2-4-12(17)5-3-11/h2-5,10,13H,6-9,17H2,1H3/t13-,16+. The first kappa shape index (κ1) is 16.0. The summed E-state index contributed by atoms with van der Waals surface area (Å²) in [7, 11) is 1.26. The Labute approximate surface area is 128 Å². The maximum absolute atomic E-state index is 12.0. The first-order valence-electron chi connectivity index (χ1n) is 7.12. The third kappa shape index (κ3) is 3.27. The molecule has 0 heterocycles. The lowest BCUT2D eigenvalue weighted by Gasteiger charge is -2.33. The summed E-state index contributed by atoms with van der Waals surface area (Å²) in [5.41, 5.74) is 5.47. The van der Waals surface area contributed by atoms with Crippen LogP contribution in [-0.4, -0.2) is 31.4 Å². The Morgan fingerprint density at radius 2 is 1.82 bits per heavy atom. The van der Waals surface area contributed by atoms with Gasteiger partial charge in [0, 0.05) is 5.69 Å². The molecule has 1 fully saturated rings. The number of ether oxygens (including phenoxy) is 2. The van der Waals surface area contributed by atoms with Gasteiger partial charge in [-0.2, -0.15) is 0 Å². The van der Waals surface area contributed by atoms with Gasteiger partial charge >= 0.3 is 11.9 Å². The average Bonchev–Trinajstić information content (AvgIpc) is 2.55. The van der Waals surface area contributed by atoms with Gasteiger partial charge in [-0.05, 0) is 49.9 Å². The molecule has 2 rings (SSSR count). The van der Waals surface area contributed by atoms with Crippen LogP contribution in [0.4, 0.5) is 5.69 Å². The van der Waals surface area contributed by atoms with Gasteiger partial charge in [0.2, 0.25) is 0 Å². The van der Waals surface area contributed by atoms with Crippen molar-refractivity contribution in [2.45, 2.75) is 31.8 Å². The number of aldehydes is 1. The van der Waals surface area contributed by atoms with Gasteiger partial charge < -0.3 is 20.0 Å². The van der Waals surface area contributed by atoms with E-state index in [1.165, 1.54) is 7.11 Å². The topological polar surface area (TPSA) is 95.7 Å². The molecule has 22 heavy (non-hydrogen) atoms. The minimum atomic E-state index is -1.10. The highest BCUT2D eigenvalue weighted by molar-refractivity contribution is 5.93. The van der Waals surface area contributed by atoms with E-state index in [2.05, 4.69) is 0 Å². The van der Waals surface area contributed by atoms with Crippen LogP contribution in [0.5, 0.6) is 0 Å². The number of anilines is 1. The molecular weight excluding hydrogens is 286 g/mol. The summed E-state index contributed by atoms with van der Waals surface area (Å²) in [5.74, 6) is -0.951. The fourth-order valence-electron chi connectivity index (χ4n) is 2.64. The van der Waals surface area contributed by atoms with E-state index in [9.17, 15) is 14.4 Å². The monoisotopic (exact) mass is 305 g/mol. The number of esters is 2. The number of methoxy groups -OCH3 is 1. The van der Waals surface area contributed by atoms with Crippen molar-refractivity contribution in [2.24, 2.45) is 5.41 Å². The summed E-state index contributed by atoms with van der Waals surface area (Å²) in [6, 6.07) is 6.47. The normalized spacial score (nSPS) is 24.3. The second kappa shape index (κ2) is 6.60. The van der Waals surface area contributed by atoms with Crippen LogP contribution in [0, 0.1) is 5.41 Å². The maximum atomic E-state index is 12.0. The van der Waals surface area contributed by atoms with E-state index < -0.39 is 17.4 Å². The molecule has 1 saturated carbocycles. The maximum Gasteiger partial charge on any atom is 0.338 e. The molecule has 1 aliphatic carbocycles. The van der Waals surface area contributed by atoms with Crippen molar-refractivity contribution in [3.63, 3.8) is 0 Å². The smallest absolute Gasteiger partial charge is 0.338 e. The van der Waals surface area contributed by atoms with Crippen LogP contribution in [-0.2, 0) is 19.1 Å². The van der Waals surface area contributed by atoms with Crippen LogP contribution in [0.3, 0.4) is 0 Å². The molecule has 0 saturated heterocycles. The Hall–Kier alpha value is -2.37. The van der Waals surface area contributed by atoms with E-state index in [-0.39, 0.29) is 6.10 Å². The zero-order valence-electron chi connectivity index (χ0n) is 12.4. The quantitative estimate of drug-likeness (QED) is 0.394. The molecule has 118 valence electrons. The number of rotatable bonds is 4. The number of hydrogen-bond donors (Lipinski definition) is 1. The third-order valence-electron chi connectivity index (χ3n) is 4.06. The van der Waals surface area contributed by atoms with Crippen molar-refractivity contribution < 1.29 is 23.9 Å². The highest BCUT2D eigenvalue weighted by atomic mass is 16.5. The summed E-state index contributed by atoms with van der Waals surface area (Å²) in [4.78, 5) is 35.0. The third-order valence-corrected chi connectivity index (χ3v) is 4.06. The zero-order valence-corrected chi connectivity index (χ0v) is 12.4. The molecule has 0 atom stereocenters. The lowest BCUT2D eigenvalue weighted by molar-refractivity contribution is -0.157. The molecule has 0 aliphatic heterocycles. The number of nitrogen functional groups attached to an aromatic ring is 1. The van der Waals surface area contributed by atoms with Gasteiger partial charge in [-0.1, -0.05) is 0 Å². The van der Waals surface area contributed by atoms with Gasteiger partial charge in [-0.3, -0.25) is 4.79 Å². The molecule has 6 nitrogen and oxygen atoms in total. The second-order valence-electron chi connectivity index (χ2n) is 5.49. The lowest BCUT2D eigenvalue weighted by Crippen LogP contribution is -2.40. The summed E-state index contributed by atoms with van der Waals surface area (Å²) in [6.07, 6.45) is 1.90. The largest absolute Gasteiger partial charge is 0.468 e. The van der Waals surface area contributed by atoms with Crippen LogP contribution in [0.25, 0.3) is 0 Å². The molecule has 0 bridgehead atoms. The number of carbonyl (C=O) groups excluding carboxylic acids is 3. The molecule has 0 aromatic heterocycles. The number of benzene rings is 1. The van der Waals surface area contributed by atoms with Gasteiger partial charge in [0.15, 0.2) is 0 Å². The van der Waals surface area contributed by atoms with E-state index in [0.717, 1.165) is 0 Å². The van der Waals surface area contributed by atoms with Crippen LogP contribution in [0.1, 0.15) is 36.0 Å². The summed E-state index contributed by atoms with van der Waals surface area (Å²) < 4.78 is 10.1. The van der Waals surface area contributed by atoms with Gasteiger partial charge in [-0.25, -0.2) is 4.79 Å². The fourth-order valence-corrected chi connectivity index (χ4v) is 2.64. The second-order valence-corrected chi connectivity index (χ2v) is 5.49. The van der Waals surface area contributed by atoms with Crippen LogP contribution >= 0.6 is 0 Å². The molecule has 1 aromatic carbocycles. The molecule has 1 aromatic rings. The highest BCUT2D eigenvalue weighted by Crippen LogP contribution is 2.37. The minimum Gasteiger partial charge on any atom is -0.468 e. The van der Waals surface area contributed by atoms with Gasteiger partial charge in [0.05, 0.1) is 12.7 Å². The Balaban J connectivity index is 1.94. The van der Waals surface area contributed by atoms with Gasteiger partial charge in [-0.15, -0.1) is 0 Å². The number of nitrogens with two attached hydrogens (primary N) is 1. The highest BCUT2D eigenvalue weighted by Gasteiger charge is 2.43. The minimum absolute atomic E-state index is 0.303. The number of hydrogen-bond acceptors (Lipinski definition) is 6. The average molecular weight is 305 g/mol. The van der Waals surface area contributed by atoms with Crippen molar-refractivity contribution >= 4 is 23.9 Å². The van der Waals surface area contributed by atoms with Crippen molar-refractivity contribution in [3.05, 3.63) is 29.8 Å². The predicted molar refractivity (Wildman–Crippen MR) is 79.0 cm³/mol. The molecular formula is C16H19NO5. The van der Waals surface area contributed by atoms with E-state index >= 15 is 0 Å². The lowest BCUT2D eigenvalue weighted by atomic mass is 9.74. The molecule has 0 unspecified atom stereocenters. The molecule has 2 N–H and O–H groups in total. The van der Waals surface area contributed by atoms with Crippen molar-refractivity contribution in [3.8, 4) is 0 Å². The van der Waals surface area contributed by atoms with Gasteiger partial charge in [0.1, 0.15) is 17.8 Å².